The minimum Gasteiger partial charge on any atom is -0.376 e. The number of hydrogen-bond acceptors (Lipinski definition) is 6. The van der Waals surface area contributed by atoms with E-state index in [1.54, 1.807) is 16.2 Å². The van der Waals surface area contributed by atoms with Crippen LogP contribution in [-0.4, -0.2) is 74.0 Å². The van der Waals surface area contributed by atoms with Gasteiger partial charge in [0, 0.05) is 30.6 Å². The first-order chi connectivity index (χ1) is 12.5. The first kappa shape index (κ1) is 19.8. The van der Waals surface area contributed by atoms with Crippen molar-refractivity contribution in [2.24, 2.45) is 0 Å². The molecule has 26 heavy (non-hydrogen) atoms. The largest absolute Gasteiger partial charge is 0.376 e. The summed E-state index contributed by atoms with van der Waals surface area (Å²) in [5.41, 5.74) is 0. The van der Waals surface area contributed by atoms with Crippen LogP contribution in [0.1, 0.15) is 31.1 Å². The fourth-order valence-electron chi connectivity index (χ4n) is 3.67. The van der Waals surface area contributed by atoms with E-state index in [9.17, 15) is 13.2 Å². The van der Waals surface area contributed by atoms with Crippen LogP contribution in [0, 0.1) is 0 Å². The van der Waals surface area contributed by atoms with Crippen molar-refractivity contribution in [2.75, 3.05) is 37.7 Å². The maximum atomic E-state index is 13.1. The third kappa shape index (κ3) is 5.28. The average Bonchev–Trinajstić information content (AvgIpc) is 3.34. The minimum absolute atomic E-state index is 0.0148. The molecule has 0 spiro atoms. The highest BCUT2D eigenvalue weighted by Gasteiger charge is 2.36. The molecule has 0 aliphatic carbocycles. The van der Waals surface area contributed by atoms with Crippen LogP contribution in [0.15, 0.2) is 17.5 Å². The molecule has 0 N–H and O–H groups in total. The Kier molecular flexibility index (Phi) is 6.71. The van der Waals surface area contributed by atoms with E-state index in [0.717, 1.165) is 32.5 Å². The monoisotopic (exact) mass is 400 g/mol. The van der Waals surface area contributed by atoms with E-state index in [1.807, 2.05) is 18.4 Å². The number of rotatable bonds is 8. The van der Waals surface area contributed by atoms with Gasteiger partial charge in [-0.25, -0.2) is 8.42 Å². The second-order valence-electron chi connectivity index (χ2n) is 7.12. The van der Waals surface area contributed by atoms with Crippen molar-refractivity contribution in [3.8, 4) is 0 Å². The number of ether oxygens (including phenoxy) is 1. The number of carbonyl (C=O) groups excluding carboxylic acids is 1. The number of sulfone groups is 1. The summed E-state index contributed by atoms with van der Waals surface area (Å²) in [5, 5.41) is 2.04. The normalized spacial score (nSPS) is 25.0. The van der Waals surface area contributed by atoms with Crippen molar-refractivity contribution in [3.05, 3.63) is 22.4 Å². The third-order valence-corrected chi connectivity index (χ3v) is 7.77. The van der Waals surface area contributed by atoms with Crippen LogP contribution < -0.4 is 0 Å². The number of amides is 1. The average molecular weight is 401 g/mol. The van der Waals surface area contributed by atoms with Gasteiger partial charge in [0.2, 0.25) is 5.91 Å². The lowest BCUT2D eigenvalue weighted by Gasteiger charge is -2.32. The number of hydrogen-bond donors (Lipinski definition) is 0. The third-order valence-electron chi connectivity index (χ3n) is 5.16. The fourth-order valence-corrected chi connectivity index (χ4v) is 6.14. The van der Waals surface area contributed by atoms with E-state index in [1.165, 1.54) is 4.88 Å². The van der Waals surface area contributed by atoms with Gasteiger partial charge in [0.25, 0.3) is 0 Å². The molecule has 2 fully saturated rings. The van der Waals surface area contributed by atoms with Gasteiger partial charge in [-0.1, -0.05) is 13.0 Å². The number of thiophene rings is 1. The topological polar surface area (TPSA) is 66.9 Å². The van der Waals surface area contributed by atoms with Gasteiger partial charge in [0.1, 0.15) is 0 Å². The van der Waals surface area contributed by atoms with Gasteiger partial charge in [-0.05, 0) is 37.3 Å². The maximum absolute atomic E-state index is 13.1. The smallest absolute Gasteiger partial charge is 0.237 e. The summed E-state index contributed by atoms with van der Waals surface area (Å²) >= 11 is 1.69. The highest BCUT2D eigenvalue weighted by molar-refractivity contribution is 7.91. The second-order valence-corrected chi connectivity index (χ2v) is 10.4. The molecule has 0 bridgehead atoms. The van der Waals surface area contributed by atoms with Crippen LogP contribution >= 0.6 is 11.3 Å². The summed E-state index contributed by atoms with van der Waals surface area (Å²) in [6, 6.07) is 3.88. The van der Waals surface area contributed by atoms with Crippen molar-refractivity contribution in [2.45, 2.75) is 44.9 Å². The Balaban J connectivity index is 1.66. The first-order valence-electron chi connectivity index (χ1n) is 9.33. The summed E-state index contributed by atoms with van der Waals surface area (Å²) < 4.78 is 29.5. The van der Waals surface area contributed by atoms with Crippen molar-refractivity contribution >= 4 is 27.1 Å². The van der Waals surface area contributed by atoms with Crippen molar-refractivity contribution in [3.63, 3.8) is 0 Å². The summed E-state index contributed by atoms with van der Waals surface area (Å²) in [6.45, 7) is 5.13. The molecule has 0 radical (unpaired) electrons. The Morgan fingerprint density at radius 1 is 1.38 bits per heavy atom. The van der Waals surface area contributed by atoms with E-state index < -0.39 is 9.84 Å². The number of carbonyl (C=O) groups is 1. The molecule has 0 saturated carbocycles. The van der Waals surface area contributed by atoms with E-state index in [2.05, 4.69) is 11.0 Å². The standard InChI is InChI=1S/C18H28N2O4S2/c1-2-19(12-17-6-4-9-25-17)13-18(21)20(11-16-5-3-8-24-16)15-7-10-26(22,23)14-15/h4,6,9,15-16H,2-3,5,7-8,10-14H2,1H3. The van der Waals surface area contributed by atoms with Crippen LogP contribution in [0.25, 0.3) is 0 Å². The predicted molar refractivity (Wildman–Crippen MR) is 103 cm³/mol. The molecule has 6 nitrogen and oxygen atoms in total. The molecule has 2 unspecified atom stereocenters. The Morgan fingerprint density at radius 3 is 2.81 bits per heavy atom. The lowest BCUT2D eigenvalue weighted by atomic mass is 10.1. The van der Waals surface area contributed by atoms with Crippen molar-refractivity contribution < 1.29 is 17.9 Å². The van der Waals surface area contributed by atoms with Gasteiger partial charge >= 0.3 is 0 Å². The molecule has 0 aromatic carbocycles. The Morgan fingerprint density at radius 2 is 2.23 bits per heavy atom. The summed E-state index contributed by atoms with van der Waals surface area (Å²) in [6.07, 6.45) is 2.53. The lowest BCUT2D eigenvalue weighted by molar-refractivity contribution is -0.136. The summed E-state index contributed by atoms with van der Waals surface area (Å²) in [7, 11) is -3.03. The Labute approximate surface area is 160 Å². The molecule has 1 amide bonds. The molecule has 2 saturated heterocycles. The number of nitrogens with zero attached hydrogens (tertiary/aromatic N) is 2. The highest BCUT2D eigenvalue weighted by Crippen LogP contribution is 2.22. The zero-order valence-electron chi connectivity index (χ0n) is 15.3. The summed E-state index contributed by atoms with van der Waals surface area (Å²) in [4.78, 5) is 18.2. The van der Waals surface area contributed by atoms with Crippen molar-refractivity contribution in [1.82, 2.24) is 9.80 Å². The van der Waals surface area contributed by atoms with E-state index in [0.29, 0.717) is 19.5 Å². The molecule has 2 aliphatic heterocycles. The molecule has 3 rings (SSSR count). The van der Waals surface area contributed by atoms with Gasteiger partial charge in [-0.15, -0.1) is 11.3 Å². The zero-order chi connectivity index (χ0) is 18.6. The SMILES string of the molecule is CCN(CC(=O)N(CC1CCCO1)C1CCS(=O)(=O)C1)Cc1cccs1. The Bertz CT molecular complexity index is 684. The molecular weight excluding hydrogens is 372 g/mol. The fraction of sp³-hybridized carbons (Fsp3) is 0.722. The predicted octanol–water partition coefficient (Wildman–Crippen LogP) is 1.76. The summed E-state index contributed by atoms with van der Waals surface area (Å²) in [5.74, 6) is 0.281. The highest BCUT2D eigenvalue weighted by atomic mass is 32.2. The van der Waals surface area contributed by atoms with Gasteiger partial charge in [-0.2, -0.15) is 0 Å². The molecule has 2 aliphatic rings. The van der Waals surface area contributed by atoms with Gasteiger partial charge in [0.15, 0.2) is 9.84 Å². The van der Waals surface area contributed by atoms with Crippen LogP contribution in [-0.2, 0) is 25.9 Å². The minimum atomic E-state index is -3.03. The molecular formula is C18H28N2O4S2. The molecule has 3 heterocycles. The van der Waals surface area contributed by atoms with Crippen LogP contribution in [0.4, 0.5) is 0 Å². The molecule has 1 aromatic rings. The molecule has 146 valence electrons. The second kappa shape index (κ2) is 8.82. The van der Waals surface area contributed by atoms with Crippen LogP contribution in [0.5, 0.6) is 0 Å². The molecule has 8 heteroatoms. The maximum Gasteiger partial charge on any atom is 0.237 e. The number of likely N-dealkylation sites (N-methyl/N-ethyl adjacent to an activating group) is 1. The van der Waals surface area contributed by atoms with Gasteiger partial charge in [-0.3, -0.25) is 9.69 Å². The Hall–Kier alpha value is -0.960. The zero-order valence-corrected chi connectivity index (χ0v) is 16.9. The quantitative estimate of drug-likeness (QED) is 0.665. The van der Waals surface area contributed by atoms with Crippen LogP contribution in [0.3, 0.4) is 0 Å². The van der Waals surface area contributed by atoms with Crippen molar-refractivity contribution in [1.29, 1.82) is 0 Å². The van der Waals surface area contributed by atoms with E-state index >= 15 is 0 Å². The molecule has 2 atom stereocenters. The molecule has 1 aromatic heterocycles. The van der Waals surface area contributed by atoms with Gasteiger partial charge < -0.3 is 9.64 Å². The van der Waals surface area contributed by atoms with Gasteiger partial charge in [0.05, 0.1) is 24.2 Å². The van der Waals surface area contributed by atoms with E-state index in [4.69, 9.17) is 4.74 Å². The van der Waals surface area contributed by atoms with Crippen LogP contribution in [0.2, 0.25) is 0 Å². The first-order valence-corrected chi connectivity index (χ1v) is 12.0. The van der Waals surface area contributed by atoms with E-state index in [-0.39, 0.29) is 29.6 Å². The lowest BCUT2D eigenvalue weighted by Crippen LogP contribution is -2.49.